The Hall–Kier alpha value is 0.690. The standard InChI is InChI=1S/C13H29N.HI/c1-4-7-10-13-14(11-8-5-2)12-9-6-3;/h4-13H2,1-3H3;1H. The van der Waals surface area contributed by atoms with Crippen molar-refractivity contribution in [3.63, 3.8) is 0 Å². The molecule has 0 aliphatic heterocycles. The Morgan fingerprint density at radius 3 is 1.40 bits per heavy atom. The third-order valence-electron chi connectivity index (χ3n) is 2.90. The summed E-state index contributed by atoms with van der Waals surface area (Å²) >= 11 is 0. The van der Waals surface area contributed by atoms with E-state index < -0.39 is 0 Å². The number of quaternary nitrogens is 1. The molecule has 0 fully saturated rings. The van der Waals surface area contributed by atoms with E-state index in [9.17, 15) is 0 Å². The molecule has 0 aromatic heterocycles. The van der Waals surface area contributed by atoms with Crippen molar-refractivity contribution >= 4 is 0 Å². The predicted molar refractivity (Wildman–Crippen MR) is 64.9 cm³/mol. The maximum atomic E-state index is 2.30. The van der Waals surface area contributed by atoms with E-state index in [1.165, 1.54) is 64.6 Å². The molecule has 0 aliphatic rings. The molecular formula is C13H30IN. The second-order valence-corrected chi connectivity index (χ2v) is 4.41. The summed E-state index contributed by atoms with van der Waals surface area (Å²) in [6.45, 7) is 11.1. The Morgan fingerprint density at radius 1 is 0.600 bits per heavy atom. The highest BCUT2D eigenvalue weighted by Gasteiger charge is 2.05. The summed E-state index contributed by atoms with van der Waals surface area (Å²) in [5.74, 6) is 0. The fourth-order valence-corrected chi connectivity index (χ4v) is 1.85. The van der Waals surface area contributed by atoms with Crippen LogP contribution in [0.3, 0.4) is 0 Å². The van der Waals surface area contributed by atoms with Crippen LogP contribution in [0.4, 0.5) is 0 Å². The third kappa shape index (κ3) is 12.6. The molecule has 2 heteroatoms. The van der Waals surface area contributed by atoms with Crippen LogP contribution >= 0.6 is 0 Å². The molecule has 0 unspecified atom stereocenters. The van der Waals surface area contributed by atoms with Crippen molar-refractivity contribution in [3.05, 3.63) is 0 Å². The molecule has 94 valence electrons. The summed E-state index contributed by atoms with van der Waals surface area (Å²) in [6.07, 6.45) is 9.72. The molecule has 0 aliphatic carbocycles. The molecule has 1 N–H and O–H groups in total. The van der Waals surface area contributed by atoms with Gasteiger partial charge in [0.2, 0.25) is 0 Å². The van der Waals surface area contributed by atoms with Gasteiger partial charge in [0.1, 0.15) is 0 Å². The maximum absolute atomic E-state index is 2.30. The number of rotatable bonds is 10. The third-order valence-corrected chi connectivity index (χ3v) is 2.90. The van der Waals surface area contributed by atoms with Gasteiger partial charge in [-0.05, 0) is 25.7 Å². The van der Waals surface area contributed by atoms with Crippen LogP contribution in [-0.4, -0.2) is 19.6 Å². The molecule has 0 saturated carbocycles. The van der Waals surface area contributed by atoms with Gasteiger partial charge in [0.25, 0.3) is 0 Å². The lowest BCUT2D eigenvalue weighted by atomic mass is 10.2. The van der Waals surface area contributed by atoms with E-state index in [1.54, 1.807) is 0 Å². The number of nitrogens with one attached hydrogen (secondary N) is 1. The minimum atomic E-state index is 0. The Morgan fingerprint density at radius 2 is 1.00 bits per heavy atom. The molecule has 0 bridgehead atoms. The number of unbranched alkanes of at least 4 members (excludes halogenated alkanes) is 4. The lowest BCUT2D eigenvalue weighted by Crippen LogP contribution is -3.12. The van der Waals surface area contributed by atoms with E-state index in [0.29, 0.717) is 0 Å². The number of hydrogen-bond acceptors (Lipinski definition) is 0. The SMILES string of the molecule is CCCCC[NH+](CCCC)CCCC.[I-]. The second-order valence-electron chi connectivity index (χ2n) is 4.41. The van der Waals surface area contributed by atoms with Gasteiger partial charge in [0, 0.05) is 0 Å². The first kappa shape index (κ1) is 18.1. The lowest BCUT2D eigenvalue weighted by Gasteiger charge is -2.18. The average molecular weight is 327 g/mol. The Labute approximate surface area is 114 Å². The summed E-state index contributed by atoms with van der Waals surface area (Å²) in [6, 6.07) is 0. The van der Waals surface area contributed by atoms with Crippen LogP contribution in [0, 0.1) is 0 Å². The van der Waals surface area contributed by atoms with Gasteiger partial charge >= 0.3 is 0 Å². The van der Waals surface area contributed by atoms with Crippen molar-refractivity contribution in [1.29, 1.82) is 0 Å². The molecule has 0 heterocycles. The van der Waals surface area contributed by atoms with Crippen molar-refractivity contribution in [1.82, 2.24) is 0 Å². The topological polar surface area (TPSA) is 4.44 Å². The molecule has 0 rings (SSSR count). The highest BCUT2D eigenvalue weighted by atomic mass is 127. The van der Waals surface area contributed by atoms with E-state index in [2.05, 4.69) is 20.8 Å². The van der Waals surface area contributed by atoms with Crippen molar-refractivity contribution in [2.24, 2.45) is 0 Å². The van der Waals surface area contributed by atoms with E-state index in [0.717, 1.165) is 0 Å². The molecule has 0 aromatic carbocycles. The summed E-state index contributed by atoms with van der Waals surface area (Å²) in [5, 5.41) is 0. The normalized spacial score (nSPS) is 10.4. The monoisotopic (exact) mass is 327 g/mol. The van der Waals surface area contributed by atoms with Crippen molar-refractivity contribution in [3.8, 4) is 0 Å². The molecule has 15 heavy (non-hydrogen) atoms. The van der Waals surface area contributed by atoms with Gasteiger partial charge in [-0.1, -0.05) is 40.0 Å². The Kier molecular flexibility index (Phi) is 17.7. The van der Waals surface area contributed by atoms with Gasteiger partial charge in [0.05, 0.1) is 19.6 Å². The van der Waals surface area contributed by atoms with Crippen LogP contribution in [0.2, 0.25) is 0 Å². The van der Waals surface area contributed by atoms with E-state index >= 15 is 0 Å². The summed E-state index contributed by atoms with van der Waals surface area (Å²) in [5.41, 5.74) is 0. The summed E-state index contributed by atoms with van der Waals surface area (Å²) < 4.78 is 0. The molecule has 1 nitrogen and oxygen atoms in total. The summed E-state index contributed by atoms with van der Waals surface area (Å²) in [4.78, 5) is 1.85. The zero-order valence-electron chi connectivity index (χ0n) is 10.9. The highest BCUT2D eigenvalue weighted by molar-refractivity contribution is 4.39. The van der Waals surface area contributed by atoms with Crippen molar-refractivity contribution < 1.29 is 28.9 Å². The van der Waals surface area contributed by atoms with Crippen molar-refractivity contribution in [2.45, 2.75) is 65.7 Å². The molecule has 0 amide bonds. The molecule has 0 aromatic rings. The van der Waals surface area contributed by atoms with E-state index in [1.807, 2.05) is 4.90 Å². The van der Waals surface area contributed by atoms with Crippen LogP contribution in [0.15, 0.2) is 0 Å². The predicted octanol–water partition coefficient (Wildman–Crippen LogP) is -0.334. The summed E-state index contributed by atoms with van der Waals surface area (Å²) in [7, 11) is 0. The largest absolute Gasteiger partial charge is 1.00 e. The lowest BCUT2D eigenvalue weighted by molar-refractivity contribution is -0.900. The first-order chi connectivity index (χ1) is 6.85. The molecule has 0 spiro atoms. The fraction of sp³-hybridized carbons (Fsp3) is 1.00. The van der Waals surface area contributed by atoms with Crippen LogP contribution in [0.5, 0.6) is 0 Å². The maximum Gasteiger partial charge on any atom is 0.0770 e. The minimum absolute atomic E-state index is 0. The van der Waals surface area contributed by atoms with Crippen LogP contribution in [0.1, 0.15) is 65.7 Å². The highest BCUT2D eigenvalue weighted by Crippen LogP contribution is 1.90. The van der Waals surface area contributed by atoms with Crippen molar-refractivity contribution in [2.75, 3.05) is 19.6 Å². The minimum Gasteiger partial charge on any atom is -1.00 e. The molecule has 0 atom stereocenters. The zero-order valence-corrected chi connectivity index (χ0v) is 13.1. The first-order valence-electron chi connectivity index (χ1n) is 6.68. The van der Waals surface area contributed by atoms with Gasteiger partial charge < -0.3 is 28.9 Å². The molecular weight excluding hydrogens is 297 g/mol. The van der Waals surface area contributed by atoms with Gasteiger partial charge in [-0.25, -0.2) is 0 Å². The van der Waals surface area contributed by atoms with Gasteiger partial charge in [-0.2, -0.15) is 0 Å². The number of hydrogen-bond donors (Lipinski definition) is 1. The quantitative estimate of drug-likeness (QED) is 0.414. The first-order valence-corrected chi connectivity index (χ1v) is 6.68. The van der Waals surface area contributed by atoms with E-state index in [-0.39, 0.29) is 24.0 Å². The van der Waals surface area contributed by atoms with Crippen LogP contribution < -0.4 is 28.9 Å². The van der Waals surface area contributed by atoms with Gasteiger partial charge in [-0.15, -0.1) is 0 Å². The van der Waals surface area contributed by atoms with Gasteiger partial charge in [-0.3, -0.25) is 0 Å². The van der Waals surface area contributed by atoms with E-state index in [4.69, 9.17) is 0 Å². The fourth-order valence-electron chi connectivity index (χ4n) is 1.85. The van der Waals surface area contributed by atoms with Gasteiger partial charge in [0.15, 0.2) is 0 Å². The molecule has 0 radical (unpaired) electrons. The van der Waals surface area contributed by atoms with Crippen LogP contribution in [-0.2, 0) is 0 Å². The Balaban J connectivity index is 0. The second kappa shape index (κ2) is 14.7. The smallest absolute Gasteiger partial charge is 0.0770 e. The number of halogens is 1. The molecule has 0 saturated heterocycles. The van der Waals surface area contributed by atoms with Crippen LogP contribution in [0.25, 0.3) is 0 Å². The Bertz CT molecular complexity index is 98.7. The average Bonchev–Trinajstić information content (AvgIpc) is 2.21. The zero-order chi connectivity index (χ0) is 10.6.